The molecule has 1 aliphatic carbocycles. The first kappa shape index (κ1) is 25.5. The molecule has 0 bridgehead atoms. The highest BCUT2D eigenvalue weighted by molar-refractivity contribution is 6.32. The van der Waals surface area contributed by atoms with Crippen molar-refractivity contribution in [1.29, 1.82) is 0 Å². The van der Waals surface area contributed by atoms with Crippen molar-refractivity contribution in [3.63, 3.8) is 0 Å². The standard InChI is InChI=1S/C26H35ClN4O4/c1-4-8-21(18-9-5-6-10-18)31(17(3)32)22(33)11-7-14-35-24-20(27)13-12-19-15-30-16(2)25(34)29-26(30)28-23(19)24/h12-13,17-18,21,32H,2,4-11,14-15H2,1,3H3,(H,28,29,34). The molecule has 0 radical (unpaired) electrons. The number of hydrogen-bond donors (Lipinski definition) is 2. The first-order valence-electron chi connectivity index (χ1n) is 12.6. The molecule has 2 unspecified atom stereocenters. The van der Waals surface area contributed by atoms with Gasteiger partial charge in [0, 0.05) is 18.0 Å². The molecule has 2 aromatic rings. The van der Waals surface area contributed by atoms with E-state index in [4.69, 9.17) is 16.3 Å². The lowest BCUT2D eigenvalue weighted by Gasteiger charge is -2.38. The number of rotatable bonds is 10. The molecule has 4 rings (SSSR count). The number of ether oxygens (including phenoxy) is 1. The molecule has 8 nitrogen and oxygen atoms in total. The fraction of sp³-hybridized carbons (Fsp3) is 0.577. The number of nitrogens with zero attached hydrogens (tertiary/aromatic N) is 3. The lowest BCUT2D eigenvalue weighted by atomic mass is 9.92. The smallest absolute Gasteiger partial charge is 0.274 e. The Morgan fingerprint density at radius 2 is 2.14 bits per heavy atom. The zero-order valence-corrected chi connectivity index (χ0v) is 21.3. The summed E-state index contributed by atoms with van der Waals surface area (Å²) in [7, 11) is 0. The van der Waals surface area contributed by atoms with Crippen LogP contribution in [0.1, 0.15) is 70.8 Å². The predicted octanol–water partition coefficient (Wildman–Crippen LogP) is 3.24. The first-order valence-corrected chi connectivity index (χ1v) is 13.0. The van der Waals surface area contributed by atoms with Gasteiger partial charge in [-0.15, -0.1) is 0 Å². The number of carbonyl (C=O) groups excluding carboxylic acids is 1. The molecule has 190 valence electrons. The number of aromatic amines is 1. The van der Waals surface area contributed by atoms with Crippen LogP contribution in [-0.2, 0) is 11.3 Å². The number of halogens is 1. The second kappa shape index (κ2) is 11.0. The Morgan fingerprint density at radius 3 is 2.83 bits per heavy atom. The minimum absolute atomic E-state index is 0.0433. The molecule has 1 aromatic carbocycles. The Labute approximate surface area is 210 Å². The van der Waals surface area contributed by atoms with Gasteiger partial charge in [-0.2, -0.15) is 0 Å². The Balaban J connectivity index is 1.43. The zero-order chi connectivity index (χ0) is 25.1. The lowest BCUT2D eigenvalue weighted by Crippen LogP contribution is -2.49. The highest BCUT2D eigenvalue weighted by atomic mass is 35.5. The quantitative estimate of drug-likeness (QED) is 0.328. The highest BCUT2D eigenvalue weighted by Crippen LogP contribution is 2.39. The monoisotopic (exact) mass is 502 g/mol. The van der Waals surface area contributed by atoms with Gasteiger partial charge >= 0.3 is 0 Å². The Bertz CT molecular complexity index is 1230. The van der Waals surface area contributed by atoms with Crippen LogP contribution in [-0.4, -0.2) is 44.3 Å². The molecular formula is C26H35ClN4O4. The van der Waals surface area contributed by atoms with Crippen LogP contribution in [0.2, 0.25) is 5.02 Å². The number of amides is 1. The van der Waals surface area contributed by atoms with Crippen molar-refractivity contribution in [1.82, 2.24) is 14.5 Å². The van der Waals surface area contributed by atoms with Gasteiger partial charge < -0.3 is 19.3 Å². The minimum Gasteiger partial charge on any atom is -0.490 e. The van der Waals surface area contributed by atoms with Crippen molar-refractivity contribution in [2.45, 2.75) is 84.0 Å². The van der Waals surface area contributed by atoms with Gasteiger partial charge in [0.15, 0.2) is 5.75 Å². The van der Waals surface area contributed by atoms with Gasteiger partial charge in [-0.25, -0.2) is 4.99 Å². The molecule has 2 aliphatic rings. The average Bonchev–Trinajstić information content (AvgIpc) is 3.45. The largest absolute Gasteiger partial charge is 0.490 e. The van der Waals surface area contributed by atoms with E-state index in [1.807, 2.05) is 6.07 Å². The van der Waals surface area contributed by atoms with Gasteiger partial charge in [-0.1, -0.05) is 50.4 Å². The summed E-state index contributed by atoms with van der Waals surface area (Å²) in [6, 6.07) is 3.70. The molecule has 1 fully saturated rings. The lowest BCUT2D eigenvalue weighted by molar-refractivity contribution is -0.147. The van der Waals surface area contributed by atoms with Gasteiger partial charge in [0.2, 0.25) is 11.5 Å². The topological polar surface area (TPSA) is 99.9 Å². The number of aliphatic hydroxyl groups is 1. The normalized spacial score (nSPS) is 16.8. The molecule has 9 heteroatoms. The van der Waals surface area contributed by atoms with Crippen molar-refractivity contribution in [2.75, 3.05) is 6.61 Å². The number of nitrogens with one attached hydrogen (secondary N) is 1. The number of aromatic nitrogens is 2. The third-order valence-corrected chi connectivity index (χ3v) is 7.44. The summed E-state index contributed by atoms with van der Waals surface area (Å²) in [5, 5.41) is 11.2. The summed E-state index contributed by atoms with van der Waals surface area (Å²) < 4.78 is 7.73. The Kier molecular flexibility index (Phi) is 8.02. The van der Waals surface area contributed by atoms with Gasteiger partial charge in [-0.3, -0.25) is 14.6 Å². The summed E-state index contributed by atoms with van der Waals surface area (Å²) in [4.78, 5) is 34.1. The van der Waals surface area contributed by atoms with E-state index in [0.717, 1.165) is 31.2 Å². The van der Waals surface area contributed by atoms with Gasteiger partial charge in [0.25, 0.3) is 5.56 Å². The number of hydrogen-bond acceptors (Lipinski definition) is 5. The number of imidazole rings is 1. The molecule has 1 saturated carbocycles. The van der Waals surface area contributed by atoms with Crippen LogP contribution in [0.4, 0.5) is 5.69 Å². The summed E-state index contributed by atoms with van der Waals surface area (Å²) in [5.41, 5.74) is 1.60. The maximum absolute atomic E-state index is 13.2. The van der Waals surface area contributed by atoms with E-state index in [1.165, 1.54) is 12.8 Å². The van der Waals surface area contributed by atoms with E-state index in [1.54, 1.807) is 22.5 Å². The number of aliphatic hydroxyl groups excluding tert-OH is 1. The molecule has 1 aromatic heterocycles. The third-order valence-electron chi connectivity index (χ3n) is 7.14. The zero-order valence-electron chi connectivity index (χ0n) is 20.6. The van der Waals surface area contributed by atoms with Gasteiger partial charge in [0.05, 0.1) is 18.2 Å². The van der Waals surface area contributed by atoms with Crippen molar-refractivity contribution in [3.8, 4) is 5.75 Å². The summed E-state index contributed by atoms with van der Waals surface area (Å²) in [5.74, 6) is 0.862. The fourth-order valence-corrected chi connectivity index (χ4v) is 5.65. The van der Waals surface area contributed by atoms with Gasteiger partial charge in [0.1, 0.15) is 17.3 Å². The van der Waals surface area contributed by atoms with E-state index in [2.05, 4.69) is 23.5 Å². The molecule has 35 heavy (non-hydrogen) atoms. The van der Waals surface area contributed by atoms with E-state index >= 15 is 0 Å². The van der Waals surface area contributed by atoms with Crippen LogP contribution >= 0.6 is 11.6 Å². The minimum atomic E-state index is -0.814. The van der Waals surface area contributed by atoms with Crippen LogP contribution in [0.25, 0.3) is 6.58 Å². The summed E-state index contributed by atoms with van der Waals surface area (Å²) in [6.07, 6.45) is 6.47. The van der Waals surface area contributed by atoms with Crippen LogP contribution in [0, 0.1) is 5.92 Å². The fourth-order valence-electron chi connectivity index (χ4n) is 5.44. The van der Waals surface area contributed by atoms with Crippen molar-refractivity contribution in [2.24, 2.45) is 10.9 Å². The number of carbonyl (C=O) groups is 1. The number of fused-ring (bicyclic) bond motifs is 2. The average molecular weight is 503 g/mol. The molecule has 2 atom stereocenters. The maximum atomic E-state index is 13.2. The molecule has 0 spiro atoms. The van der Waals surface area contributed by atoms with Crippen LogP contribution in [0.15, 0.2) is 21.9 Å². The van der Waals surface area contributed by atoms with Crippen molar-refractivity contribution < 1.29 is 14.6 Å². The molecule has 2 N–H and O–H groups in total. The second-order valence-corrected chi connectivity index (χ2v) is 10.00. The second-order valence-electron chi connectivity index (χ2n) is 9.59. The van der Waals surface area contributed by atoms with E-state index in [-0.39, 0.29) is 30.5 Å². The molecule has 1 amide bonds. The van der Waals surface area contributed by atoms with E-state index in [0.29, 0.717) is 46.3 Å². The van der Waals surface area contributed by atoms with Crippen molar-refractivity contribution >= 4 is 29.8 Å². The molecule has 2 heterocycles. The highest BCUT2D eigenvalue weighted by Gasteiger charge is 2.34. The summed E-state index contributed by atoms with van der Waals surface area (Å²) in [6.45, 7) is 8.34. The van der Waals surface area contributed by atoms with Crippen LogP contribution in [0.3, 0.4) is 0 Å². The molecule has 0 saturated heterocycles. The van der Waals surface area contributed by atoms with E-state index in [9.17, 15) is 14.7 Å². The van der Waals surface area contributed by atoms with Crippen LogP contribution in [0.5, 0.6) is 5.75 Å². The van der Waals surface area contributed by atoms with E-state index < -0.39 is 6.23 Å². The Hall–Kier alpha value is -2.58. The van der Waals surface area contributed by atoms with Crippen molar-refractivity contribution in [3.05, 3.63) is 44.0 Å². The number of H-pyrrole nitrogens is 1. The first-order chi connectivity index (χ1) is 16.8. The summed E-state index contributed by atoms with van der Waals surface area (Å²) >= 11 is 6.42. The molecular weight excluding hydrogens is 468 g/mol. The molecule has 1 aliphatic heterocycles. The predicted molar refractivity (Wildman–Crippen MR) is 135 cm³/mol. The SMILES string of the molecule is C=c1c(=O)[nH]c2n1Cc1ccc(Cl)c(OCCCC(=O)N(C(C)O)C(CCC)C3CCCC3)c1N=2. The van der Waals surface area contributed by atoms with Gasteiger partial charge in [-0.05, 0) is 44.6 Å². The maximum Gasteiger partial charge on any atom is 0.274 e. The third kappa shape index (κ3) is 5.33. The Morgan fingerprint density at radius 1 is 1.40 bits per heavy atom. The van der Waals surface area contributed by atoms with Crippen LogP contribution < -0.4 is 21.3 Å². The number of benzene rings is 1.